The molecule has 0 aromatic rings. The molecule has 16 nitrogen and oxygen atoms in total. The molecule has 13 atom stereocenters. The number of ether oxygens (including phenoxy) is 4. The van der Waals surface area contributed by atoms with E-state index in [1.165, 1.54) is 102 Å². The topological polar surface area (TPSA) is 253 Å². The molecule has 2 aliphatic rings. The fourth-order valence-corrected chi connectivity index (χ4v) is 10.9. The first kappa shape index (κ1) is 63.8. The molecule has 2 rings (SSSR count). The second-order valence-electron chi connectivity index (χ2n) is 20.2. The number of carbonyl (C=O) groups is 3. The molecule has 0 bridgehead atoms. The minimum atomic E-state index is -5.28. The van der Waals surface area contributed by atoms with E-state index in [0.29, 0.717) is 18.8 Å². The number of Topliss-reactive ketones (excluding diaryl/α,β-unsaturated/α-hetero) is 1. The van der Waals surface area contributed by atoms with Gasteiger partial charge in [-0.3, -0.25) is 18.9 Å². The molecule has 2 heterocycles. The van der Waals surface area contributed by atoms with Crippen molar-refractivity contribution in [2.75, 3.05) is 19.0 Å². The number of rotatable bonds is 40. The summed E-state index contributed by atoms with van der Waals surface area (Å²) < 4.78 is 61.3. The molecule has 0 radical (unpaired) electrons. The maximum Gasteiger partial charge on any atom is 0.397 e. The highest BCUT2D eigenvalue weighted by Gasteiger charge is 2.53. The predicted octanol–water partition coefficient (Wildman–Crippen LogP) is 8.55. The highest BCUT2D eigenvalue weighted by atomic mass is 32.3. The Labute approximate surface area is 419 Å². The Morgan fingerprint density at radius 2 is 1.10 bits per heavy atom. The summed E-state index contributed by atoms with van der Waals surface area (Å²) in [5.74, 6) is -0.881. The molecule has 2 fully saturated rings. The van der Waals surface area contributed by atoms with Crippen molar-refractivity contribution in [2.45, 2.75) is 263 Å². The molecule has 0 aromatic carbocycles. The third-order valence-electron chi connectivity index (χ3n) is 13.8. The monoisotopic (exact) mass is 1030 g/mol. The van der Waals surface area contributed by atoms with Gasteiger partial charge in [-0.2, -0.15) is 8.42 Å². The number of esters is 1. The van der Waals surface area contributed by atoms with Crippen LogP contribution in [0, 0.1) is 23.7 Å². The van der Waals surface area contributed by atoms with Gasteiger partial charge in [0.2, 0.25) is 0 Å². The van der Waals surface area contributed by atoms with Crippen LogP contribution in [0.25, 0.3) is 0 Å². The Kier molecular flexibility index (Phi) is 33.9. The van der Waals surface area contributed by atoms with Crippen LogP contribution in [0.4, 0.5) is 0 Å². The average molecular weight is 1030 g/mol. The van der Waals surface area contributed by atoms with Crippen LogP contribution >= 0.6 is 11.8 Å². The number of aliphatic hydroxyl groups excluding tert-OH is 5. The molecule has 69 heavy (non-hydrogen) atoms. The van der Waals surface area contributed by atoms with Crippen LogP contribution in [0.3, 0.4) is 0 Å². The molecule has 2 aliphatic heterocycles. The summed E-state index contributed by atoms with van der Waals surface area (Å²) in [6.07, 6.45) is 11.8. The number of aliphatic hydroxyl groups is 5. The lowest BCUT2D eigenvalue weighted by Crippen LogP contribution is -2.64. The van der Waals surface area contributed by atoms with Crippen molar-refractivity contribution in [2.24, 2.45) is 23.7 Å². The Hall–Kier alpha value is -1.29. The zero-order chi connectivity index (χ0) is 51.2. The summed E-state index contributed by atoms with van der Waals surface area (Å²) in [6, 6.07) is 0. The van der Waals surface area contributed by atoms with Gasteiger partial charge in [-0.25, -0.2) is 4.18 Å². The quantitative estimate of drug-likeness (QED) is 0.0191. The van der Waals surface area contributed by atoms with Gasteiger partial charge in [0, 0.05) is 37.4 Å². The largest absolute Gasteiger partial charge is 0.457 e. The molecule has 0 spiro atoms. The normalized spacial score (nSPS) is 26.7. The van der Waals surface area contributed by atoms with E-state index >= 15 is 0 Å². The van der Waals surface area contributed by atoms with E-state index in [-0.39, 0.29) is 29.7 Å². The Balaban J connectivity index is 2.07. The van der Waals surface area contributed by atoms with Crippen molar-refractivity contribution in [1.29, 1.82) is 0 Å². The fourth-order valence-electron chi connectivity index (χ4n) is 9.80. The summed E-state index contributed by atoms with van der Waals surface area (Å²) in [6.45, 7) is 8.43. The molecule has 0 saturated carbocycles. The van der Waals surface area contributed by atoms with Crippen molar-refractivity contribution < 1.29 is 76.0 Å². The highest BCUT2D eigenvalue weighted by molar-refractivity contribution is 8.13. The standard InChI is InChI=1S/C51H94O16S2/c1-6-7-8-9-10-16-19-22-25-28-36(2)31-37(3)32-38(4)41(55)33-40-45(57)42(34-52)63-50(66-51-49(67-69(60,61)62)47(59)46(58)43(35-53)64-51)48(40)65-44(56)29-26-23-20-17-14-12-11-13-15-18-21-24-27-30-68-39(5)54/h36-38,40,42-43,45-53,57-59H,6-35H2,1-5H3,(H,60,61,62)/t36-,37-,38-,40?,42?,43?,45?,46?,47?,48?,49?,50?,51?/m0/s1. The maximum atomic E-state index is 14.0. The lowest BCUT2D eigenvalue weighted by Gasteiger charge is -2.47. The first-order chi connectivity index (χ1) is 32.9. The second-order valence-corrected chi connectivity index (χ2v) is 22.5. The van der Waals surface area contributed by atoms with E-state index < -0.39 is 96.7 Å². The first-order valence-corrected chi connectivity index (χ1v) is 29.0. The summed E-state index contributed by atoms with van der Waals surface area (Å²) >= 11 is 1.40. The molecular weight excluding hydrogens is 933 g/mol. The van der Waals surface area contributed by atoms with Gasteiger partial charge in [0.25, 0.3) is 0 Å². The minimum Gasteiger partial charge on any atom is -0.457 e. The maximum absolute atomic E-state index is 14.0. The minimum absolute atomic E-state index is 0.00604. The molecule has 0 aromatic heterocycles. The molecular formula is C51H94O16S2. The lowest BCUT2D eigenvalue weighted by molar-refractivity contribution is -0.370. The van der Waals surface area contributed by atoms with E-state index in [4.69, 9.17) is 18.9 Å². The predicted molar refractivity (Wildman–Crippen MR) is 266 cm³/mol. The molecule has 2 saturated heterocycles. The summed E-state index contributed by atoms with van der Waals surface area (Å²) in [5, 5.41) is 53.3. The Bertz CT molecular complexity index is 1490. The lowest BCUT2D eigenvalue weighted by atomic mass is 9.80. The van der Waals surface area contributed by atoms with E-state index in [1.807, 2.05) is 6.92 Å². The van der Waals surface area contributed by atoms with Crippen molar-refractivity contribution >= 4 is 39.0 Å². The fraction of sp³-hybridized carbons (Fsp3) is 0.941. The highest BCUT2D eigenvalue weighted by Crippen LogP contribution is 2.37. The Morgan fingerprint density at radius 1 is 0.623 bits per heavy atom. The van der Waals surface area contributed by atoms with Crippen molar-refractivity contribution in [3.8, 4) is 0 Å². The van der Waals surface area contributed by atoms with Gasteiger partial charge in [0.05, 0.1) is 19.3 Å². The van der Waals surface area contributed by atoms with Crippen molar-refractivity contribution in [3.63, 3.8) is 0 Å². The second kappa shape index (κ2) is 36.6. The SMILES string of the molecule is CCCCCCCCCCC[C@H](C)C[C@H](C)C[C@H](C)C(=O)CC1C(O)C(CO)OC(OC2OC(CO)C(O)C(O)C2OS(=O)(=O)O)C1OC(=O)CCCCCCCCCCCCCCCSC(C)=O. The molecule has 18 heteroatoms. The summed E-state index contributed by atoms with van der Waals surface area (Å²) in [7, 11) is -5.28. The molecule has 10 unspecified atom stereocenters. The van der Waals surface area contributed by atoms with E-state index in [0.717, 1.165) is 63.5 Å². The molecule has 406 valence electrons. The third kappa shape index (κ3) is 27.0. The van der Waals surface area contributed by atoms with Crippen molar-refractivity contribution in [1.82, 2.24) is 0 Å². The summed E-state index contributed by atoms with van der Waals surface area (Å²) in [5.41, 5.74) is 0. The van der Waals surface area contributed by atoms with Gasteiger partial charge < -0.3 is 44.5 Å². The zero-order valence-electron chi connectivity index (χ0n) is 42.8. The van der Waals surface area contributed by atoms with Crippen LogP contribution in [-0.2, 0) is 47.9 Å². The van der Waals surface area contributed by atoms with Gasteiger partial charge in [-0.15, -0.1) is 0 Å². The van der Waals surface area contributed by atoms with Gasteiger partial charge in [0.1, 0.15) is 30.2 Å². The van der Waals surface area contributed by atoms with Gasteiger partial charge in [-0.05, 0) is 37.5 Å². The van der Waals surface area contributed by atoms with Crippen LogP contribution in [0.2, 0.25) is 0 Å². The number of carbonyl (C=O) groups excluding carboxylic acids is 3. The number of hydrogen-bond acceptors (Lipinski definition) is 16. The van der Waals surface area contributed by atoms with E-state index in [1.54, 1.807) is 6.92 Å². The van der Waals surface area contributed by atoms with Crippen molar-refractivity contribution in [3.05, 3.63) is 0 Å². The number of unbranched alkanes of at least 4 members (excludes halogenated alkanes) is 20. The zero-order valence-corrected chi connectivity index (χ0v) is 44.4. The molecule has 0 amide bonds. The van der Waals surface area contributed by atoms with Crippen LogP contribution in [0.1, 0.15) is 208 Å². The molecule has 6 N–H and O–H groups in total. The Morgan fingerprint density at radius 3 is 1.61 bits per heavy atom. The average Bonchev–Trinajstić information content (AvgIpc) is 3.29. The number of hydrogen-bond donors (Lipinski definition) is 6. The van der Waals surface area contributed by atoms with E-state index in [2.05, 4.69) is 25.0 Å². The molecule has 0 aliphatic carbocycles. The van der Waals surface area contributed by atoms with Crippen LogP contribution < -0.4 is 0 Å². The third-order valence-corrected chi connectivity index (χ3v) is 15.1. The number of ketones is 1. The first-order valence-electron chi connectivity index (χ1n) is 26.7. The van der Waals surface area contributed by atoms with Gasteiger partial charge >= 0.3 is 16.4 Å². The van der Waals surface area contributed by atoms with Crippen LogP contribution in [0.15, 0.2) is 0 Å². The number of thioether (sulfide) groups is 1. The van der Waals surface area contributed by atoms with Gasteiger partial charge in [-0.1, -0.05) is 174 Å². The van der Waals surface area contributed by atoms with Crippen LogP contribution in [0.5, 0.6) is 0 Å². The van der Waals surface area contributed by atoms with Crippen LogP contribution in [-0.4, -0.2) is 130 Å². The summed E-state index contributed by atoms with van der Waals surface area (Å²) in [4.78, 5) is 38.6. The smallest absolute Gasteiger partial charge is 0.397 e. The van der Waals surface area contributed by atoms with E-state index in [9.17, 15) is 52.9 Å². The van der Waals surface area contributed by atoms with Gasteiger partial charge in [0.15, 0.2) is 29.9 Å².